The summed E-state index contributed by atoms with van der Waals surface area (Å²) in [5, 5.41) is 10.5. The molecule has 1 aromatic carbocycles. The fourth-order valence-corrected chi connectivity index (χ4v) is 1.98. The lowest BCUT2D eigenvalue weighted by Crippen LogP contribution is -2.24. The van der Waals surface area contributed by atoms with Crippen LogP contribution in [0.4, 0.5) is 10.1 Å². The molecule has 0 aliphatic carbocycles. The van der Waals surface area contributed by atoms with E-state index in [0.717, 1.165) is 18.6 Å². The highest BCUT2D eigenvalue weighted by atomic mass is 19.1. The van der Waals surface area contributed by atoms with Gasteiger partial charge in [0.2, 0.25) is 5.82 Å². The smallest absolute Gasteiger partial charge is 0.299 e. The molecule has 0 aliphatic heterocycles. The van der Waals surface area contributed by atoms with E-state index in [0.29, 0.717) is 12.1 Å². The highest BCUT2D eigenvalue weighted by Gasteiger charge is 2.14. The number of aromatic nitrogens is 2. The lowest BCUT2D eigenvalue weighted by atomic mass is 10.2. The predicted octanol–water partition coefficient (Wildman–Crippen LogP) is 2.16. The van der Waals surface area contributed by atoms with E-state index in [4.69, 9.17) is 0 Å². The number of benzene rings is 1. The molecule has 2 aromatic rings. The van der Waals surface area contributed by atoms with Crippen LogP contribution < -0.4 is 5.69 Å². The summed E-state index contributed by atoms with van der Waals surface area (Å²) in [6, 6.07) is 3.64. The maximum absolute atomic E-state index is 13.5. The molecule has 106 valence electrons. The van der Waals surface area contributed by atoms with Crippen LogP contribution in [0.2, 0.25) is 0 Å². The van der Waals surface area contributed by atoms with E-state index in [1.165, 1.54) is 10.6 Å². The van der Waals surface area contributed by atoms with Crippen LogP contribution in [-0.4, -0.2) is 14.1 Å². The van der Waals surface area contributed by atoms with Gasteiger partial charge in [-0.2, -0.15) is 4.39 Å². The van der Waals surface area contributed by atoms with Crippen molar-refractivity contribution in [3.8, 4) is 0 Å². The average Bonchev–Trinajstić information content (AvgIpc) is 2.72. The van der Waals surface area contributed by atoms with E-state index in [1.807, 2.05) is 6.92 Å². The zero-order valence-electron chi connectivity index (χ0n) is 11.0. The number of nitro groups is 1. The molecular formula is C13H14FN3O3. The van der Waals surface area contributed by atoms with Crippen molar-refractivity contribution in [1.82, 2.24) is 9.13 Å². The van der Waals surface area contributed by atoms with Gasteiger partial charge >= 0.3 is 11.4 Å². The van der Waals surface area contributed by atoms with Gasteiger partial charge in [-0.05, 0) is 18.1 Å². The fraction of sp³-hybridized carbons (Fsp3) is 0.308. The molecule has 0 unspecified atom stereocenters. The zero-order chi connectivity index (χ0) is 14.7. The van der Waals surface area contributed by atoms with Crippen LogP contribution in [0.1, 0.15) is 18.9 Å². The maximum atomic E-state index is 13.5. The third-order valence-electron chi connectivity index (χ3n) is 2.94. The normalized spacial score (nSPS) is 10.7. The first-order valence-corrected chi connectivity index (χ1v) is 6.21. The Hall–Kier alpha value is -2.44. The SMILES string of the molecule is CCCn1ccn(Cc2ccc([N+](=O)[O-])c(F)c2)c1=O. The Morgan fingerprint density at radius 1 is 1.30 bits per heavy atom. The summed E-state index contributed by atoms with van der Waals surface area (Å²) in [5.41, 5.74) is -0.236. The Morgan fingerprint density at radius 2 is 2.00 bits per heavy atom. The molecule has 0 fully saturated rings. The number of imidazole rings is 1. The van der Waals surface area contributed by atoms with Crippen molar-refractivity contribution >= 4 is 5.69 Å². The van der Waals surface area contributed by atoms with Gasteiger partial charge < -0.3 is 0 Å². The van der Waals surface area contributed by atoms with Crippen LogP contribution in [0.5, 0.6) is 0 Å². The van der Waals surface area contributed by atoms with Crippen molar-refractivity contribution in [1.29, 1.82) is 0 Å². The monoisotopic (exact) mass is 279 g/mol. The minimum atomic E-state index is -0.895. The maximum Gasteiger partial charge on any atom is 0.328 e. The van der Waals surface area contributed by atoms with Crippen molar-refractivity contribution in [3.05, 3.63) is 62.6 Å². The molecule has 0 spiro atoms. The van der Waals surface area contributed by atoms with Crippen molar-refractivity contribution < 1.29 is 9.31 Å². The lowest BCUT2D eigenvalue weighted by Gasteiger charge is -2.03. The first kappa shape index (κ1) is 14.0. The van der Waals surface area contributed by atoms with Crippen LogP contribution in [0.3, 0.4) is 0 Å². The van der Waals surface area contributed by atoms with Gasteiger partial charge in [0.15, 0.2) is 0 Å². The molecule has 0 radical (unpaired) electrons. The summed E-state index contributed by atoms with van der Waals surface area (Å²) < 4.78 is 16.5. The average molecular weight is 279 g/mol. The van der Waals surface area contributed by atoms with Crippen LogP contribution in [0, 0.1) is 15.9 Å². The largest absolute Gasteiger partial charge is 0.328 e. The highest BCUT2D eigenvalue weighted by Crippen LogP contribution is 2.18. The molecule has 20 heavy (non-hydrogen) atoms. The number of nitrogens with zero attached hydrogens (tertiary/aromatic N) is 3. The van der Waals surface area contributed by atoms with Crippen LogP contribution in [-0.2, 0) is 13.1 Å². The minimum Gasteiger partial charge on any atom is -0.299 e. The summed E-state index contributed by atoms with van der Waals surface area (Å²) in [5.74, 6) is -0.895. The lowest BCUT2D eigenvalue weighted by molar-refractivity contribution is -0.387. The Labute approximate surface area is 114 Å². The predicted molar refractivity (Wildman–Crippen MR) is 71.1 cm³/mol. The van der Waals surface area contributed by atoms with Gasteiger partial charge in [0.1, 0.15) is 0 Å². The van der Waals surface area contributed by atoms with E-state index in [2.05, 4.69) is 0 Å². The zero-order valence-corrected chi connectivity index (χ0v) is 11.0. The van der Waals surface area contributed by atoms with Gasteiger partial charge in [-0.25, -0.2) is 4.79 Å². The van der Waals surface area contributed by atoms with Crippen molar-refractivity contribution in [2.45, 2.75) is 26.4 Å². The molecule has 6 nitrogen and oxygen atoms in total. The number of hydrogen-bond donors (Lipinski definition) is 0. The van der Waals surface area contributed by atoms with Crippen LogP contribution in [0.25, 0.3) is 0 Å². The van der Waals surface area contributed by atoms with Gasteiger partial charge in [0.05, 0.1) is 11.5 Å². The second-order valence-electron chi connectivity index (χ2n) is 4.44. The summed E-state index contributed by atoms with van der Waals surface area (Å²) >= 11 is 0. The van der Waals surface area contributed by atoms with Gasteiger partial charge in [-0.3, -0.25) is 19.2 Å². The molecule has 7 heteroatoms. The first-order chi connectivity index (χ1) is 9.52. The first-order valence-electron chi connectivity index (χ1n) is 6.21. The van der Waals surface area contributed by atoms with Crippen LogP contribution >= 0.6 is 0 Å². The van der Waals surface area contributed by atoms with Gasteiger partial charge in [-0.15, -0.1) is 0 Å². The third-order valence-corrected chi connectivity index (χ3v) is 2.94. The quantitative estimate of drug-likeness (QED) is 0.622. The molecule has 0 saturated carbocycles. The standard InChI is InChI=1S/C13H14FN3O3/c1-2-5-15-6-7-16(13(15)18)9-10-3-4-12(17(19)20)11(14)8-10/h3-4,6-8H,2,5,9H2,1H3. The molecular weight excluding hydrogens is 265 g/mol. The second-order valence-corrected chi connectivity index (χ2v) is 4.44. The number of nitro benzene ring substituents is 1. The molecule has 0 atom stereocenters. The summed E-state index contributed by atoms with van der Waals surface area (Å²) in [7, 11) is 0. The topological polar surface area (TPSA) is 70.1 Å². The summed E-state index contributed by atoms with van der Waals surface area (Å²) in [6.07, 6.45) is 4.14. The molecule has 0 saturated heterocycles. The fourth-order valence-electron chi connectivity index (χ4n) is 1.98. The van der Waals surface area contributed by atoms with Gasteiger partial charge in [-0.1, -0.05) is 13.0 Å². The molecule has 1 aromatic heterocycles. The number of rotatable bonds is 5. The Kier molecular flexibility index (Phi) is 3.97. The molecule has 0 amide bonds. The Balaban J connectivity index is 2.24. The van der Waals surface area contributed by atoms with E-state index in [-0.39, 0.29) is 12.2 Å². The Bertz CT molecular complexity index is 690. The van der Waals surface area contributed by atoms with Crippen LogP contribution in [0.15, 0.2) is 35.4 Å². The number of hydrogen-bond acceptors (Lipinski definition) is 3. The van der Waals surface area contributed by atoms with E-state index in [1.54, 1.807) is 17.0 Å². The molecule has 0 N–H and O–H groups in total. The molecule has 2 rings (SSSR count). The third kappa shape index (κ3) is 2.76. The summed E-state index contributed by atoms with van der Waals surface area (Å²) in [6.45, 7) is 2.78. The molecule has 0 bridgehead atoms. The highest BCUT2D eigenvalue weighted by molar-refractivity contribution is 5.35. The molecule has 0 aliphatic rings. The number of aryl methyl sites for hydroxylation is 1. The number of halogens is 1. The Morgan fingerprint density at radius 3 is 2.60 bits per heavy atom. The molecule has 1 heterocycles. The van der Waals surface area contributed by atoms with Gasteiger partial charge in [0, 0.05) is 25.0 Å². The van der Waals surface area contributed by atoms with Crippen molar-refractivity contribution in [2.24, 2.45) is 0 Å². The second kappa shape index (κ2) is 5.68. The van der Waals surface area contributed by atoms with Gasteiger partial charge in [0.25, 0.3) is 0 Å². The minimum absolute atomic E-state index is 0.175. The summed E-state index contributed by atoms with van der Waals surface area (Å²) in [4.78, 5) is 21.7. The van der Waals surface area contributed by atoms with Crippen molar-refractivity contribution in [3.63, 3.8) is 0 Å². The van der Waals surface area contributed by atoms with E-state index in [9.17, 15) is 19.3 Å². The van der Waals surface area contributed by atoms with E-state index >= 15 is 0 Å². The van der Waals surface area contributed by atoms with Crippen molar-refractivity contribution in [2.75, 3.05) is 0 Å². The van der Waals surface area contributed by atoms with E-state index < -0.39 is 16.4 Å².